The summed E-state index contributed by atoms with van der Waals surface area (Å²) < 4.78 is 0. The Morgan fingerprint density at radius 3 is 2.50 bits per heavy atom. The van der Waals surface area contributed by atoms with Crippen molar-refractivity contribution in [2.45, 2.75) is 26.7 Å². The van der Waals surface area contributed by atoms with Crippen LogP contribution in [0.5, 0.6) is 0 Å². The first kappa shape index (κ1) is 13.0. The van der Waals surface area contributed by atoms with E-state index in [-0.39, 0.29) is 11.8 Å². The molecule has 0 spiro atoms. The van der Waals surface area contributed by atoms with Crippen molar-refractivity contribution in [3.8, 4) is 6.07 Å². The van der Waals surface area contributed by atoms with Crippen LogP contribution in [-0.2, 0) is 4.79 Å². The first-order chi connectivity index (χ1) is 7.69. The topological polar surface area (TPSA) is 47.3 Å². The third kappa shape index (κ3) is 3.49. The molecule has 0 aromatic rings. The Labute approximate surface area is 97.8 Å². The molecule has 1 unspecified atom stereocenters. The predicted octanol–water partition coefficient (Wildman–Crippen LogP) is 1.09. The number of nitrogens with zero attached hydrogens (tertiary/aromatic N) is 3. The van der Waals surface area contributed by atoms with Gasteiger partial charge in [-0.05, 0) is 6.42 Å². The van der Waals surface area contributed by atoms with Crippen molar-refractivity contribution < 1.29 is 4.79 Å². The van der Waals surface area contributed by atoms with E-state index >= 15 is 0 Å². The third-order valence-electron chi connectivity index (χ3n) is 3.12. The van der Waals surface area contributed by atoms with Gasteiger partial charge in [-0.25, -0.2) is 0 Å². The summed E-state index contributed by atoms with van der Waals surface area (Å²) in [7, 11) is 0. The lowest BCUT2D eigenvalue weighted by molar-refractivity contribution is -0.136. The highest BCUT2D eigenvalue weighted by atomic mass is 16.2. The molecule has 0 aromatic heterocycles. The van der Waals surface area contributed by atoms with Crippen LogP contribution in [0.1, 0.15) is 26.7 Å². The third-order valence-corrected chi connectivity index (χ3v) is 3.12. The van der Waals surface area contributed by atoms with Crippen LogP contribution in [0.4, 0.5) is 0 Å². The van der Waals surface area contributed by atoms with Gasteiger partial charge in [0, 0.05) is 32.1 Å². The number of carbonyl (C=O) groups is 1. The summed E-state index contributed by atoms with van der Waals surface area (Å²) in [5.74, 6) is 0.422. The molecule has 90 valence electrons. The lowest BCUT2D eigenvalue weighted by Gasteiger charge is -2.34. The van der Waals surface area contributed by atoms with E-state index in [0.29, 0.717) is 6.54 Å². The molecule has 4 heteroatoms. The van der Waals surface area contributed by atoms with Crippen LogP contribution in [-0.4, -0.2) is 48.4 Å². The fraction of sp³-hybridized carbons (Fsp3) is 0.833. The molecule has 0 N–H and O–H groups in total. The second kappa shape index (κ2) is 6.49. The maximum absolute atomic E-state index is 12.0. The Bertz CT molecular complexity index is 264. The van der Waals surface area contributed by atoms with Gasteiger partial charge in [-0.1, -0.05) is 20.3 Å². The first-order valence-corrected chi connectivity index (χ1v) is 6.07. The zero-order valence-electron chi connectivity index (χ0n) is 10.3. The lowest BCUT2D eigenvalue weighted by atomic mass is 10.0. The van der Waals surface area contributed by atoms with Crippen molar-refractivity contribution in [3.63, 3.8) is 0 Å². The number of carbonyl (C=O) groups excluding carboxylic acids is 1. The second-order valence-electron chi connectivity index (χ2n) is 4.45. The number of piperazine rings is 1. The summed E-state index contributed by atoms with van der Waals surface area (Å²) in [6.07, 6.45) is 2.03. The molecule has 1 aliphatic rings. The van der Waals surface area contributed by atoms with Crippen LogP contribution in [0.3, 0.4) is 0 Å². The van der Waals surface area contributed by atoms with Gasteiger partial charge in [-0.3, -0.25) is 9.69 Å². The molecule has 1 rings (SSSR count). The van der Waals surface area contributed by atoms with Gasteiger partial charge in [0.2, 0.25) is 5.91 Å². The zero-order chi connectivity index (χ0) is 12.0. The molecule has 1 heterocycles. The monoisotopic (exact) mass is 223 g/mol. The van der Waals surface area contributed by atoms with Gasteiger partial charge >= 0.3 is 0 Å². The highest BCUT2D eigenvalue weighted by Gasteiger charge is 2.23. The molecule has 0 radical (unpaired) electrons. The normalized spacial score (nSPS) is 19.2. The van der Waals surface area contributed by atoms with Gasteiger partial charge in [0.15, 0.2) is 0 Å². The van der Waals surface area contributed by atoms with Crippen molar-refractivity contribution in [3.05, 3.63) is 0 Å². The fourth-order valence-corrected chi connectivity index (χ4v) is 2.09. The molecule has 0 saturated carbocycles. The van der Waals surface area contributed by atoms with Crippen LogP contribution in [0.15, 0.2) is 0 Å². The number of hydrogen-bond donors (Lipinski definition) is 0. The van der Waals surface area contributed by atoms with E-state index in [1.165, 1.54) is 0 Å². The molecular formula is C12H21N3O. The van der Waals surface area contributed by atoms with Crippen molar-refractivity contribution >= 4 is 5.91 Å². The summed E-state index contributed by atoms with van der Waals surface area (Å²) in [4.78, 5) is 16.0. The number of hydrogen-bond acceptors (Lipinski definition) is 3. The molecular weight excluding hydrogens is 202 g/mol. The summed E-state index contributed by atoms with van der Waals surface area (Å²) in [6, 6.07) is 2.15. The van der Waals surface area contributed by atoms with Crippen LogP contribution >= 0.6 is 0 Å². The van der Waals surface area contributed by atoms with E-state index in [1.807, 2.05) is 11.8 Å². The molecule has 4 nitrogen and oxygen atoms in total. The van der Waals surface area contributed by atoms with E-state index in [0.717, 1.165) is 39.0 Å². The van der Waals surface area contributed by atoms with Crippen LogP contribution in [0.2, 0.25) is 0 Å². The summed E-state index contributed by atoms with van der Waals surface area (Å²) in [5.41, 5.74) is 0. The van der Waals surface area contributed by atoms with E-state index < -0.39 is 0 Å². The molecule has 0 bridgehead atoms. The SMILES string of the molecule is CCCC(C)C(=O)N1CCN(CC#N)CC1. The van der Waals surface area contributed by atoms with Crippen molar-refractivity contribution in [1.29, 1.82) is 5.26 Å². The van der Waals surface area contributed by atoms with E-state index in [2.05, 4.69) is 17.9 Å². The van der Waals surface area contributed by atoms with Crippen LogP contribution in [0.25, 0.3) is 0 Å². The summed E-state index contributed by atoms with van der Waals surface area (Å²) >= 11 is 0. The molecule has 1 amide bonds. The van der Waals surface area contributed by atoms with E-state index in [1.54, 1.807) is 0 Å². The van der Waals surface area contributed by atoms with Gasteiger partial charge < -0.3 is 4.90 Å². The maximum atomic E-state index is 12.0. The highest BCUT2D eigenvalue weighted by molar-refractivity contribution is 5.78. The zero-order valence-corrected chi connectivity index (χ0v) is 10.3. The average Bonchev–Trinajstić information content (AvgIpc) is 2.30. The number of nitriles is 1. The molecule has 1 saturated heterocycles. The van der Waals surface area contributed by atoms with Crippen LogP contribution < -0.4 is 0 Å². The van der Waals surface area contributed by atoms with Crippen LogP contribution in [0, 0.1) is 17.2 Å². The van der Waals surface area contributed by atoms with Gasteiger partial charge in [0.1, 0.15) is 0 Å². The quantitative estimate of drug-likeness (QED) is 0.670. The maximum Gasteiger partial charge on any atom is 0.225 e. The fourth-order valence-electron chi connectivity index (χ4n) is 2.09. The summed E-state index contributed by atoms with van der Waals surface area (Å²) in [6.45, 7) is 7.80. The molecule has 1 fully saturated rings. The molecule has 0 aromatic carbocycles. The smallest absolute Gasteiger partial charge is 0.225 e. The lowest BCUT2D eigenvalue weighted by Crippen LogP contribution is -2.50. The molecule has 1 atom stereocenters. The Balaban J connectivity index is 2.36. The van der Waals surface area contributed by atoms with Crippen molar-refractivity contribution in [1.82, 2.24) is 9.80 Å². The highest BCUT2D eigenvalue weighted by Crippen LogP contribution is 2.11. The molecule has 0 aliphatic carbocycles. The first-order valence-electron chi connectivity index (χ1n) is 6.07. The Kier molecular flexibility index (Phi) is 5.27. The largest absolute Gasteiger partial charge is 0.340 e. The van der Waals surface area contributed by atoms with Gasteiger partial charge in [-0.15, -0.1) is 0 Å². The minimum absolute atomic E-state index is 0.146. The van der Waals surface area contributed by atoms with Gasteiger partial charge in [-0.2, -0.15) is 5.26 Å². The average molecular weight is 223 g/mol. The second-order valence-corrected chi connectivity index (χ2v) is 4.45. The predicted molar refractivity (Wildman–Crippen MR) is 62.7 cm³/mol. The van der Waals surface area contributed by atoms with Gasteiger partial charge in [0.25, 0.3) is 0 Å². The Morgan fingerprint density at radius 1 is 1.38 bits per heavy atom. The van der Waals surface area contributed by atoms with Crippen molar-refractivity contribution in [2.75, 3.05) is 32.7 Å². The number of amides is 1. The van der Waals surface area contributed by atoms with Gasteiger partial charge in [0.05, 0.1) is 12.6 Å². The Hall–Kier alpha value is -1.08. The summed E-state index contributed by atoms with van der Waals surface area (Å²) in [5, 5.41) is 8.58. The van der Waals surface area contributed by atoms with E-state index in [9.17, 15) is 4.79 Å². The standard InChI is InChI=1S/C12H21N3O/c1-3-4-11(2)12(16)15-9-7-14(6-5-13)8-10-15/h11H,3-4,6-10H2,1-2H3. The Morgan fingerprint density at radius 2 is 2.00 bits per heavy atom. The minimum atomic E-state index is 0.146. The minimum Gasteiger partial charge on any atom is -0.340 e. The number of rotatable bonds is 4. The molecule has 1 aliphatic heterocycles. The van der Waals surface area contributed by atoms with E-state index in [4.69, 9.17) is 5.26 Å². The molecule has 16 heavy (non-hydrogen) atoms. The van der Waals surface area contributed by atoms with Crippen molar-refractivity contribution in [2.24, 2.45) is 5.92 Å².